The number of carboxylic acids is 1. The molecule has 1 amide bonds. The largest absolute Gasteiger partial charge is 0.481 e. The highest BCUT2D eigenvalue weighted by Gasteiger charge is 2.33. The lowest BCUT2D eigenvalue weighted by atomic mass is 10.0. The maximum absolute atomic E-state index is 11.9. The van der Waals surface area contributed by atoms with Gasteiger partial charge in [0.25, 0.3) is 5.91 Å². The van der Waals surface area contributed by atoms with Crippen LogP contribution in [0.25, 0.3) is 0 Å². The van der Waals surface area contributed by atoms with Gasteiger partial charge in [-0.15, -0.1) is 0 Å². The fourth-order valence-corrected chi connectivity index (χ4v) is 2.41. The lowest BCUT2D eigenvalue weighted by Gasteiger charge is -2.17. The number of benzene rings is 1. The molecule has 1 fully saturated rings. The molecule has 96 valence electrons. The van der Waals surface area contributed by atoms with E-state index < -0.39 is 11.9 Å². The van der Waals surface area contributed by atoms with E-state index in [0.29, 0.717) is 17.0 Å². The number of hydrogen-bond acceptors (Lipinski definition) is 2. The Labute approximate surface area is 110 Å². The van der Waals surface area contributed by atoms with E-state index in [0.717, 1.165) is 12.8 Å². The summed E-state index contributed by atoms with van der Waals surface area (Å²) in [7, 11) is 0. The molecule has 0 saturated heterocycles. The highest BCUT2D eigenvalue weighted by atomic mass is 35.5. The predicted octanol–water partition coefficient (Wildman–Crippen LogP) is 2.32. The lowest BCUT2D eigenvalue weighted by Crippen LogP contribution is -2.40. The SMILES string of the molecule is O=C(NC1CCCC1C(=O)O)c1ccc(Cl)cc1. The molecule has 1 aliphatic rings. The molecular formula is C13H14ClNO3. The van der Waals surface area contributed by atoms with Gasteiger partial charge in [0.05, 0.1) is 5.92 Å². The molecule has 0 bridgehead atoms. The Balaban J connectivity index is 2.03. The van der Waals surface area contributed by atoms with E-state index in [1.165, 1.54) is 0 Å². The molecule has 0 spiro atoms. The summed E-state index contributed by atoms with van der Waals surface area (Å²) in [6.45, 7) is 0. The molecule has 2 atom stereocenters. The summed E-state index contributed by atoms with van der Waals surface area (Å²) in [6.07, 6.45) is 2.18. The second kappa shape index (κ2) is 5.40. The molecule has 2 rings (SSSR count). The van der Waals surface area contributed by atoms with Crippen molar-refractivity contribution < 1.29 is 14.7 Å². The Morgan fingerprint density at radius 1 is 1.22 bits per heavy atom. The van der Waals surface area contributed by atoms with Crippen molar-refractivity contribution in [1.29, 1.82) is 0 Å². The summed E-state index contributed by atoms with van der Waals surface area (Å²) in [5, 5.41) is 12.4. The number of carboxylic acid groups (broad SMARTS) is 1. The smallest absolute Gasteiger partial charge is 0.308 e. The van der Waals surface area contributed by atoms with Gasteiger partial charge in [0.15, 0.2) is 0 Å². The third kappa shape index (κ3) is 2.82. The van der Waals surface area contributed by atoms with Crippen molar-refractivity contribution in [3.05, 3.63) is 34.9 Å². The van der Waals surface area contributed by atoms with Crippen molar-refractivity contribution in [2.75, 3.05) is 0 Å². The zero-order valence-electron chi connectivity index (χ0n) is 9.73. The van der Waals surface area contributed by atoms with Gasteiger partial charge in [-0.1, -0.05) is 18.0 Å². The molecule has 2 unspecified atom stereocenters. The molecule has 5 heteroatoms. The molecular weight excluding hydrogens is 254 g/mol. The monoisotopic (exact) mass is 267 g/mol. The minimum absolute atomic E-state index is 0.246. The Bertz CT molecular complexity index is 458. The minimum Gasteiger partial charge on any atom is -0.481 e. The first-order valence-electron chi connectivity index (χ1n) is 5.87. The lowest BCUT2D eigenvalue weighted by molar-refractivity contribution is -0.142. The topological polar surface area (TPSA) is 66.4 Å². The fraction of sp³-hybridized carbons (Fsp3) is 0.385. The van der Waals surface area contributed by atoms with Gasteiger partial charge in [0.2, 0.25) is 0 Å². The number of nitrogens with one attached hydrogen (secondary N) is 1. The maximum atomic E-state index is 11.9. The number of carbonyl (C=O) groups excluding carboxylic acids is 1. The zero-order chi connectivity index (χ0) is 13.1. The van der Waals surface area contributed by atoms with Crippen LogP contribution in [0.15, 0.2) is 24.3 Å². The van der Waals surface area contributed by atoms with Crippen LogP contribution in [0, 0.1) is 5.92 Å². The van der Waals surface area contributed by atoms with Crippen molar-refractivity contribution in [2.45, 2.75) is 25.3 Å². The molecule has 1 aliphatic carbocycles. The molecule has 2 N–H and O–H groups in total. The van der Waals surface area contributed by atoms with E-state index in [-0.39, 0.29) is 11.9 Å². The van der Waals surface area contributed by atoms with Crippen LogP contribution >= 0.6 is 11.6 Å². The van der Waals surface area contributed by atoms with Gasteiger partial charge in [-0.25, -0.2) is 0 Å². The minimum atomic E-state index is -0.839. The van der Waals surface area contributed by atoms with E-state index in [1.54, 1.807) is 24.3 Å². The van der Waals surface area contributed by atoms with Crippen LogP contribution in [-0.2, 0) is 4.79 Å². The Kier molecular flexibility index (Phi) is 3.87. The summed E-state index contributed by atoms with van der Waals surface area (Å²) in [4.78, 5) is 22.9. The number of carbonyl (C=O) groups is 2. The van der Waals surface area contributed by atoms with Crippen LogP contribution in [0.5, 0.6) is 0 Å². The summed E-state index contributed by atoms with van der Waals surface area (Å²) in [6, 6.07) is 6.26. The van der Waals surface area contributed by atoms with Crippen molar-refractivity contribution in [3.8, 4) is 0 Å². The normalized spacial score (nSPS) is 22.7. The van der Waals surface area contributed by atoms with Crippen molar-refractivity contribution in [2.24, 2.45) is 5.92 Å². The Morgan fingerprint density at radius 2 is 1.89 bits per heavy atom. The molecule has 1 aromatic carbocycles. The van der Waals surface area contributed by atoms with Crippen molar-refractivity contribution in [1.82, 2.24) is 5.32 Å². The Hall–Kier alpha value is -1.55. The van der Waals surface area contributed by atoms with Crippen LogP contribution in [-0.4, -0.2) is 23.0 Å². The summed E-state index contributed by atoms with van der Waals surface area (Å²) < 4.78 is 0. The average Bonchev–Trinajstić information content (AvgIpc) is 2.78. The molecule has 18 heavy (non-hydrogen) atoms. The van der Waals surface area contributed by atoms with Gasteiger partial charge in [0, 0.05) is 16.6 Å². The third-order valence-electron chi connectivity index (χ3n) is 3.26. The third-order valence-corrected chi connectivity index (χ3v) is 3.51. The first kappa shape index (κ1) is 12.9. The van der Waals surface area contributed by atoms with Gasteiger partial charge in [-0.3, -0.25) is 9.59 Å². The number of rotatable bonds is 3. The molecule has 1 aromatic rings. The van der Waals surface area contributed by atoms with E-state index in [2.05, 4.69) is 5.32 Å². The molecule has 0 heterocycles. The first-order chi connectivity index (χ1) is 8.58. The number of aliphatic carboxylic acids is 1. The molecule has 0 radical (unpaired) electrons. The van der Waals surface area contributed by atoms with Gasteiger partial charge in [0.1, 0.15) is 0 Å². The summed E-state index contributed by atoms with van der Waals surface area (Å²) >= 11 is 5.74. The average molecular weight is 268 g/mol. The standard InChI is InChI=1S/C13H14ClNO3/c14-9-6-4-8(5-7-9)12(16)15-11-3-1-2-10(11)13(17)18/h4-7,10-11H,1-3H2,(H,15,16)(H,17,18). The van der Waals surface area contributed by atoms with Crippen LogP contribution in [0.1, 0.15) is 29.6 Å². The van der Waals surface area contributed by atoms with Gasteiger partial charge in [-0.2, -0.15) is 0 Å². The highest BCUT2D eigenvalue weighted by Crippen LogP contribution is 2.26. The first-order valence-corrected chi connectivity index (χ1v) is 6.25. The zero-order valence-corrected chi connectivity index (χ0v) is 10.5. The summed E-state index contributed by atoms with van der Waals surface area (Å²) in [5.41, 5.74) is 0.496. The second-order valence-electron chi connectivity index (χ2n) is 4.46. The van der Waals surface area contributed by atoms with Gasteiger partial charge >= 0.3 is 5.97 Å². The van der Waals surface area contributed by atoms with Gasteiger partial charge in [-0.05, 0) is 37.1 Å². The number of amides is 1. The van der Waals surface area contributed by atoms with Gasteiger partial charge < -0.3 is 10.4 Å². The highest BCUT2D eigenvalue weighted by molar-refractivity contribution is 6.30. The molecule has 4 nitrogen and oxygen atoms in total. The molecule has 0 aromatic heterocycles. The van der Waals surface area contributed by atoms with Crippen LogP contribution in [0.3, 0.4) is 0 Å². The second-order valence-corrected chi connectivity index (χ2v) is 4.90. The van der Waals surface area contributed by atoms with Crippen molar-refractivity contribution in [3.63, 3.8) is 0 Å². The number of halogens is 1. The predicted molar refractivity (Wildman–Crippen MR) is 67.7 cm³/mol. The molecule has 1 saturated carbocycles. The van der Waals surface area contributed by atoms with E-state index in [9.17, 15) is 9.59 Å². The van der Waals surface area contributed by atoms with Crippen LogP contribution < -0.4 is 5.32 Å². The summed E-state index contributed by atoms with van der Waals surface area (Å²) in [5.74, 6) is -1.56. The quantitative estimate of drug-likeness (QED) is 0.883. The Morgan fingerprint density at radius 3 is 2.50 bits per heavy atom. The molecule has 0 aliphatic heterocycles. The van der Waals surface area contributed by atoms with E-state index in [4.69, 9.17) is 16.7 Å². The van der Waals surface area contributed by atoms with E-state index >= 15 is 0 Å². The van der Waals surface area contributed by atoms with Crippen LogP contribution in [0.4, 0.5) is 0 Å². The number of hydrogen-bond donors (Lipinski definition) is 2. The van der Waals surface area contributed by atoms with Crippen molar-refractivity contribution >= 4 is 23.5 Å². The fourth-order valence-electron chi connectivity index (χ4n) is 2.28. The van der Waals surface area contributed by atoms with E-state index in [1.807, 2.05) is 0 Å². The van der Waals surface area contributed by atoms with Crippen LogP contribution in [0.2, 0.25) is 5.02 Å². The maximum Gasteiger partial charge on any atom is 0.308 e.